The van der Waals surface area contributed by atoms with E-state index in [1.807, 2.05) is 0 Å². The largest absolute Gasteiger partial charge is 0.491 e. The Hall–Kier alpha value is -3.46. The Morgan fingerprint density at radius 1 is 1.15 bits per heavy atom. The normalized spacial score (nSPS) is 13.1. The van der Waals surface area contributed by atoms with Gasteiger partial charge in [0, 0.05) is 17.6 Å². The number of ether oxygens (including phenoxy) is 3. The van der Waals surface area contributed by atoms with Crippen molar-refractivity contribution in [3.63, 3.8) is 0 Å². The molecule has 2 rings (SSSR count). The molecule has 0 unspecified atom stereocenters. The number of halogens is 2. The monoisotopic (exact) mass is 463 g/mol. The lowest BCUT2D eigenvalue weighted by molar-refractivity contribution is -0.138. The molecule has 2 N–H and O–H groups in total. The summed E-state index contributed by atoms with van der Waals surface area (Å²) in [6, 6.07) is 9.38. The van der Waals surface area contributed by atoms with E-state index in [1.165, 1.54) is 0 Å². The molecule has 0 heterocycles. The van der Waals surface area contributed by atoms with Gasteiger partial charge in [0.1, 0.15) is 30.1 Å². The van der Waals surface area contributed by atoms with Crippen molar-refractivity contribution >= 4 is 17.7 Å². The molecule has 0 saturated carbocycles. The van der Waals surface area contributed by atoms with Crippen LogP contribution in [0.1, 0.15) is 32.4 Å². The van der Waals surface area contributed by atoms with Gasteiger partial charge in [-0.2, -0.15) is 0 Å². The summed E-state index contributed by atoms with van der Waals surface area (Å²) in [4.78, 5) is 24.5. The summed E-state index contributed by atoms with van der Waals surface area (Å²) in [6.45, 7) is 5.24. The van der Waals surface area contributed by atoms with Crippen LogP contribution in [-0.4, -0.2) is 37.0 Å². The lowest BCUT2D eigenvalue weighted by Crippen LogP contribution is -2.22. The predicted molar refractivity (Wildman–Crippen MR) is 118 cm³/mol. The van der Waals surface area contributed by atoms with Gasteiger partial charge in [0.25, 0.3) is 0 Å². The molecule has 0 fully saturated rings. The van der Waals surface area contributed by atoms with Gasteiger partial charge >= 0.3 is 12.1 Å². The number of nitrogens with one attached hydrogen (secondary N) is 1. The standard InChI is InChI=1S/C24H27F2NO6/c1-4-31-23(29)16(3)13-15(2)22(17-5-8-19(9-6-17)32-12-11-28)33-24(30)27-21-10-7-18(25)14-20(21)26/h5-10,13-15,22,28H,4,11-12H2,1-3H3,(H,27,30)/b16-13+/t15-,22+/m1/s1. The maximum absolute atomic E-state index is 13.9. The highest BCUT2D eigenvalue weighted by molar-refractivity contribution is 5.88. The van der Waals surface area contributed by atoms with Crippen LogP contribution in [0.3, 0.4) is 0 Å². The van der Waals surface area contributed by atoms with Gasteiger partial charge in [0.2, 0.25) is 0 Å². The number of aliphatic hydroxyl groups is 1. The summed E-state index contributed by atoms with van der Waals surface area (Å²) in [7, 11) is 0. The van der Waals surface area contributed by atoms with Gasteiger partial charge in [-0.1, -0.05) is 25.1 Å². The number of carbonyl (C=O) groups is 2. The van der Waals surface area contributed by atoms with Crippen LogP contribution in [0, 0.1) is 17.6 Å². The quantitative estimate of drug-likeness (QED) is 0.389. The second-order valence-corrected chi connectivity index (χ2v) is 7.15. The summed E-state index contributed by atoms with van der Waals surface area (Å²) in [6.07, 6.45) is -0.199. The van der Waals surface area contributed by atoms with E-state index >= 15 is 0 Å². The number of hydrogen-bond acceptors (Lipinski definition) is 6. The first kappa shape index (κ1) is 25.8. The Morgan fingerprint density at radius 2 is 1.85 bits per heavy atom. The minimum absolute atomic E-state index is 0.128. The number of esters is 1. The van der Waals surface area contributed by atoms with Gasteiger partial charge in [-0.25, -0.2) is 18.4 Å². The van der Waals surface area contributed by atoms with Crippen LogP contribution in [-0.2, 0) is 14.3 Å². The molecule has 0 saturated heterocycles. The van der Waals surface area contributed by atoms with Crippen LogP contribution in [0.2, 0.25) is 0 Å². The van der Waals surface area contributed by atoms with Crippen molar-refractivity contribution in [3.05, 3.63) is 71.3 Å². The van der Waals surface area contributed by atoms with Crippen LogP contribution in [0.4, 0.5) is 19.3 Å². The molecule has 1 amide bonds. The van der Waals surface area contributed by atoms with Crippen molar-refractivity contribution in [3.8, 4) is 5.75 Å². The van der Waals surface area contributed by atoms with Gasteiger partial charge in [-0.15, -0.1) is 0 Å². The molecule has 33 heavy (non-hydrogen) atoms. The van der Waals surface area contributed by atoms with Crippen LogP contribution in [0.5, 0.6) is 5.75 Å². The summed E-state index contributed by atoms with van der Waals surface area (Å²) in [5.74, 6) is -2.17. The van der Waals surface area contributed by atoms with Crippen molar-refractivity contribution in [1.29, 1.82) is 0 Å². The summed E-state index contributed by atoms with van der Waals surface area (Å²) in [5.41, 5.74) is 0.686. The number of amides is 1. The molecule has 178 valence electrons. The summed E-state index contributed by atoms with van der Waals surface area (Å²) in [5, 5.41) is 11.1. The van der Waals surface area contributed by atoms with E-state index in [0.717, 1.165) is 12.1 Å². The topological polar surface area (TPSA) is 94.1 Å². The number of hydrogen-bond donors (Lipinski definition) is 2. The zero-order valence-electron chi connectivity index (χ0n) is 18.6. The molecule has 2 aromatic rings. The third-order valence-corrected chi connectivity index (χ3v) is 4.56. The number of anilines is 1. The number of aliphatic hydroxyl groups excluding tert-OH is 1. The van der Waals surface area contributed by atoms with E-state index in [2.05, 4.69) is 5.32 Å². The SMILES string of the molecule is CCOC(=O)/C(C)=C/[C@@H](C)[C@H](OC(=O)Nc1ccc(F)cc1F)c1ccc(OCCO)cc1. The number of rotatable bonds is 10. The molecule has 7 nitrogen and oxygen atoms in total. The van der Waals surface area contributed by atoms with Gasteiger partial charge in [-0.05, 0) is 43.7 Å². The Kier molecular flexibility index (Phi) is 9.81. The van der Waals surface area contributed by atoms with Crippen LogP contribution in [0.15, 0.2) is 54.1 Å². The Labute approximate surface area is 191 Å². The fraction of sp³-hybridized carbons (Fsp3) is 0.333. The molecule has 0 radical (unpaired) electrons. The molecule has 9 heteroatoms. The summed E-state index contributed by atoms with van der Waals surface area (Å²) < 4.78 is 42.9. The molecule has 2 aromatic carbocycles. The minimum atomic E-state index is -0.958. The molecule has 0 bridgehead atoms. The van der Waals surface area contributed by atoms with E-state index in [4.69, 9.17) is 19.3 Å². The minimum Gasteiger partial charge on any atom is -0.491 e. The first-order valence-electron chi connectivity index (χ1n) is 10.4. The van der Waals surface area contributed by atoms with Crippen molar-refractivity contribution in [2.75, 3.05) is 25.1 Å². The first-order chi connectivity index (χ1) is 15.7. The highest BCUT2D eigenvalue weighted by atomic mass is 19.1. The zero-order chi connectivity index (χ0) is 24.4. The number of benzene rings is 2. The highest BCUT2D eigenvalue weighted by Crippen LogP contribution is 2.30. The van der Waals surface area contributed by atoms with Crippen molar-refractivity contribution in [2.45, 2.75) is 26.9 Å². The van der Waals surface area contributed by atoms with Crippen molar-refractivity contribution in [1.82, 2.24) is 0 Å². The Bertz CT molecular complexity index is 977. The molecular formula is C24H27F2NO6. The first-order valence-corrected chi connectivity index (χ1v) is 10.4. The third kappa shape index (κ3) is 7.87. The Balaban J connectivity index is 2.26. The van der Waals surface area contributed by atoms with E-state index < -0.39 is 35.7 Å². The molecule has 0 aliphatic heterocycles. The van der Waals surface area contributed by atoms with Crippen molar-refractivity contribution < 1.29 is 37.7 Å². The van der Waals surface area contributed by atoms with Crippen LogP contribution < -0.4 is 10.1 Å². The third-order valence-electron chi connectivity index (χ3n) is 4.56. The lowest BCUT2D eigenvalue weighted by atomic mass is 9.95. The average molecular weight is 463 g/mol. The molecule has 0 aliphatic carbocycles. The van der Waals surface area contributed by atoms with Crippen LogP contribution in [0.25, 0.3) is 0 Å². The average Bonchev–Trinajstić information content (AvgIpc) is 2.78. The van der Waals surface area contributed by atoms with Gasteiger partial charge in [-0.3, -0.25) is 5.32 Å². The van der Waals surface area contributed by atoms with E-state index in [-0.39, 0.29) is 25.5 Å². The van der Waals surface area contributed by atoms with Gasteiger partial charge < -0.3 is 19.3 Å². The summed E-state index contributed by atoms with van der Waals surface area (Å²) >= 11 is 0. The fourth-order valence-corrected chi connectivity index (χ4v) is 3.04. The maximum Gasteiger partial charge on any atom is 0.412 e. The van der Waals surface area contributed by atoms with E-state index in [0.29, 0.717) is 23.0 Å². The molecular weight excluding hydrogens is 436 g/mol. The molecule has 2 atom stereocenters. The lowest BCUT2D eigenvalue weighted by Gasteiger charge is -2.23. The maximum atomic E-state index is 13.9. The Morgan fingerprint density at radius 3 is 2.45 bits per heavy atom. The van der Waals surface area contributed by atoms with E-state index in [9.17, 15) is 18.4 Å². The van der Waals surface area contributed by atoms with Crippen LogP contribution >= 0.6 is 0 Å². The van der Waals surface area contributed by atoms with Crippen molar-refractivity contribution in [2.24, 2.45) is 5.92 Å². The second kappa shape index (κ2) is 12.5. The smallest absolute Gasteiger partial charge is 0.412 e. The highest BCUT2D eigenvalue weighted by Gasteiger charge is 2.24. The van der Waals surface area contributed by atoms with Gasteiger partial charge in [0.05, 0.1) is 18.9 Å². The molecule has 0 spiro atoms. The number of carbonyl (C=O) groups excluding carboxylic acids is 2. The second-order valence-electron chi connectivity index (χ2n) is 7.15. The molecule has 0 aliphatic rings. The van der Waals surface area contributed by atoms with E-state index in [1.54, 1.807) is 51.1 Å². The van der Waals surface area contributed by atoms with Gasteiger partial charge in [0.15, 0.2) is 0 Å². The molecule has 0 aromatic heterocycles. The predicted octanol–water partition coefficient (Wildman–Crippen LogP) is 4.77. The zero-order valence-corrected chi connectivity index (χ0v) is 18.6. The fourth-order valence-electron chi connectivity index (χ4n) is 3.04.